The first-order valence-corrected chi connectivity index (χ1v) is 5.68. The Labute approximate surface area is 92.4 Å². The van der Waals surface area contributed by atoms with Gasteiger partial charge in [-0.2, -0.15) is 11.8 Å². The smallest absolute Gasteiger partial charge is 0.336 e. The molecule has 0 aliphatic carbocycles. The summed E-state index contributed by atoms with van der Waals surface area (Å²) in [7, 11) is 1.51. The number of ether oxygens (including phenoxy) is 1. The monoisotopic (exact) mass is 227 g/mol. The molecule has 0 aliphatic heterocycles. The Morgan fingerprint density at radius 1 is 1.60 bits per heavy atom. The van der Waals surface area contributed by atoms with E-state index in [1.54, 1.807) is 6.07 Å². The molecule has 0 aromatic heterocycles. The van der Waals surface area contributed by atoms with E-state index in [9.17, 15) is 4.79 Å². The van der Waals surface area contributed by atoms with Crippen molar-refractivity contribution in [1.29, 1.82) is 0 Å². The molecule has 3 N–H and O–H groups in total. The van der Waals surface area contributed by atoms with E-state index in [4.69, 9.17) is 15.6 Å². The molecule has 0 fully saturated rings. The fraction of sp³-hybridized carbons (Fsp3) is 0.300. The summed E-state index contributed by atoms with van der Waals surface area (Å²) in [6.07, 6.45) is 1.89. The zero-order chi connectivity index (χ0) is 11.4. The molecule has 1 aromatic rings. The number of rotatable bonds is 4. The molecule has 15 heavy (non-hydrogen) atoms. The van der Waals surface area contributed by atoms with Crippen molar-refractivity contribution in [3.63, 3.8) is 0 Å². The van der Waals surface area contributed by atoms with Crippen LogP contribution in [0.25, 0.3) is 0 Å². The van der Waals surface area contributed by atoms with Gasteiger partial charge in [0.25, 0.3) is 0 Å². The van der Waals surface area contributed by atoms with Crippen LogP contribution in [0.15, 0.2) is 12.1 Å². The van der Waals surface area contributed by atoms with Gasteiger partial charge < -0.3 is 15.6 Å². The summed E-state index contributed by atoms with van der Waals surface area (Å²) in [5, 5.41) is 8.97. The van der Waals surface area contributed by atoms with Gasteiger partial charge in [0, 0.05) is 11.3 Å². The van der Waals surface area contributed by atoms with Gasteiger partial charge in [0.1, 0.15) is 5.75 Å². The highest BCUT2D eigenvalue weighted by atomic mass is 32.2. The van der Waals surface area contributed by atoms with E-state index in [-0.39, 0.29) is 5.56 Å². The number of carboxylic acids is 1. The molecule has 1 rings (SSSR count). The van der Waals surface area contributed by atoms with Crippen LogP contribution in [0.1, 0.15) is 15.9 Å². The molecule has 1 aromatic carbocycles. The summed E-state index contributed by atoms with van der Waals surface area (Å²) in [6, 6.07) is 3.09. The van der Waals surface area contributed by atoms with Gasteiger partial charge >= 0.3 is 5.97 Å². The summed E-state index contributed by atoms with van der Waals surface area (Å²) in [4.78, 5) is 10.9. The average Bonchev–Trinajstić information content (AvgIpc) is 2.20. The molecule has 0 heterocycles. The molecule has 0 radical (unpaired) electrons. The maximum atomic E-state index is 10.9. The lowest BCUT2D eigenvalue weighted by atomic mass is 10.1. The lowest BCUT2D eigenvalue weighted by Crippen LogP contribution is -2.06. The number of hydrogen-bond acceptors (Lipinski definition) is 4. The van der Waals surface area contributed by atoms with E-state index < -0.39 is 5.97 Å². The highest BCUT2D eigenvalue weighted by molar-refractivity contribution is 7.97. The predicted molar refractivity (Wildman–Crippen MR) is 61.6 cm³/mol. The van der Waals surface area contributed by atoms with E-state index in [1.165, 1.54) is 24.9 Å². The minimum Gasteiger partial charge on any atom is -0.495 e. The lowest BCUT2D eigenvalue weighted by molar-refractivity contribution is 0.0696. The second-order valence-corrected chi connectivity index (χ2v) is 3.81. The molecule has 0 aliphatic rings. The number of nitrogen functional groups attached to an aromatic ring is 1. The Kier molecular flexibility index (Phi) is 3.85. The number of hydrogen-bond donors (Lipinski definition) is 2. The molecule has 0 saturated heterocycles. The molecule has 0 spiro atoms. The van der Waals surface area contributed by atoms with Crippen molar-refractivity contribution >= 4 is 23.4 Å². The maximum Gasteiger partial charge on any atom is 0.336 e. The van der Waals surface area contributed by atoms with Gasteiger partial charge in [0.2, 0.25) is 0 Å². The largest absolute Gasteiger partial charge is 0.495 e. The standard InChI is InChI=1S/C10H13NO3S/c1-14-8-4-3-6(10(12)13)7(5-15-2)9(8)11/h3-4H,5,11H2,1-2H3,(H,12,13). The zero-order valence-corrected chi connectivity index (χ0v) is 9.43. The van der Waals surface area contributed by atoms with Crippen LogP contribution in [0.3, 0.4) is 0 Å². The summed E-state index contributed by atoms with van der Waals surface area (Å²) in [5.74, 6) is 0.113. The van der Waals surface area contributed by atoms with Crippen molar-refractivity contribution in [2.45, 2.75) is 5.75 Å². The summed E-state index contributed by atoms with van der Waals surface area (Å²) in [6.45, 7) is 0. The minimum atomic E-state index is -0.964. The van der Waals surface area contributed by atoms with Crippen LogP contribution in [0.4, 0.5) is 5.69 Å². The van der Waals surface area contributed by atoms with E-state index in [0.29, 0.717) is 22.8 Å². The molecule has 0 atom stereocenters. The van der Waals surface area contributed by atoms with Gasteiger partial charge in [-0.25, -0.2) is 4.79 Å². The molecule has 0 bridgehead atoms. The second kappa shape index (κ2) is 4.93. The van der Waals surface area contributed by atoms with Crippen molar-refractivity contribution in [2.75, 3.05) is 19.1 Å². The number of carboxylic acid groups (broad SMARTS) is 1. The number of nitrogens with two attached hydrogens (primary N) is 1. The van der Waals surface area contributed by atoms with Gasteiger partial charge in [-0.15, -0.1) is 0 Å². The van der Waals surface area contributed by atoms with E-state index in [0.717, 1.165) is 0 Å². The van der Waals surface area contributed by atoms with Gasteiger partial charge in [-0.3, -0.25) is 0 Å². The van der Waals surface area contributed by atoms with E-state index in [1.807, 2.05) is 6.26 Å². The Morgan fingerprint density at radius 3 is 2.73 bits per heavy atom. The first-order valence-electron chi connectivity index (χ1n) is 4.29. The predicted octanol–water partition coefficient (Wildman–Crippen LogP) is 1.84. The minimum absolute atomic E-state index is 0.239. The molecule has 5 heteroatoms. The highest BCUT2D eigenvalue weighted by Crippen LogP contribution is 2.30. The van der Waals surface area contributed by atoms with Crippen molar-refractivity contribution in [1.82, 2.24) is 0 Å². The van der Waals surface area contributed by atoms with Gasteiger partial charge in [0.05, 0.1) is 18.4 Å². The van der Waals surface area contributed by atoms with Crippen LogP contribution in [0.5, 0.6) is 5.75 Å². The molecular formula is C10H13NO3S. The number of benzene rings is 1. The normalized spacial score (nSPS) is 10.0. The first kappa shape index (κ1) is 11.7. The average molecular weight is 227 g/mol. The number of aromatic carboxylic acids is 1. The number of thioether (sulfide) groups is 1. The van der Waals surface area contributed by atoms with Crippen LogP contribution in [0.2, 0.25) is 0 Å². The maximum absolute atomic E-state index is 10.9. The molecular weight excluding hydrogens is 214 g/mol. The Bertz CT molecular complexity index is 379. The van der Waals surface area contributed by atoms with Crippen LogP contribution < -0.4 is 10.5 Å². The van der Waals surface area contributed by atoms with Crippen molar-refractivity contribution in [3.8, 4) is 5.75 Å². The van der Waals surface area contributed by atoms with Crippen molar-refractivity contribution in [3.05, 3.63) is 23.3 Å². The topological polar surface area (TPSA) is 72.5 Å². The van der Waals surface area contributed by atoms with Crippen molar-refractivity contribution in [2.24, 2.45) is 0 Å². The summed E-state index contributed by atoms with van der Waals surface area (Å²) < 4.78 is 5.04. The zero-order valence-electron chi connectivity index (χ0n) is 8.61. The van der Waals surface area contributed by atoms with Crippen LogP contribution in [-0.4, -0.2) is 24.4 Å². The number of methoxy groups -OCH3 is 1. The summed E-state index contributed by atoms with van der Waals surface area (Å²) in [5.41, 5.74) is 7.08. The molecule has 82 valence electrons. The highest BCUT2D eigenvalue weighted by Gasteiger charge is 2.15. The van der Waals surface area contributed by atoms with E-state index >= 15 is 0 Å². The fourth-order valence-electron chi connectivity index (χ4n) is 1.32. The van der Waals surface area contributed by atoms with Crippen LogP contribution in [0, 0.1) is 0 Å². The summed E-state index contributed by atoms with van der Waals surface area (Å²) >= 11 is 1.52. The molecule has 4 nitrogen and oxygen atoms in total. The third-order valence-electron chi connectivity index (χ3n) is 2.06. The lowest BCUT2D eigenvalue weighted by Gasteiger charge is -2.11. The SMILES string of the molecule is COc1ccc(C(=O)O)c(CSC)c1N. The number of carbonyl (C=O) groups is 1. The second-order valence-electron chi connectivity index (χ2n) is 2.95. The van der Waals surface area contributed by atoms with E-state index in [2.05, 4.69) is 0 Å². The number of anilines is 1. The third kappa shape index (κ3) is 2.36. The Balaban J connectivity index is 3.30. The van der Waals surface area contributed by atoms with Crippen LogP contribution in [-0.2, 0) is 5.75 Å². The van der Waals surface area contributed by atoms with Gasteiger partial charge in [-0.05, 0) is 18.4 Å². The quantitative estimate of drug-likeness (QED) is 0.768. The Hall–Kier alpha value is -1.36. The Morgan fingerprint density at radius 2 is 2.27 bits per heavy atom. The van der Waals surface area contributed by atoms with Gasteiger partial charge in [0.15, 0.2) is 0 Å². The van der Waals surface area contributed by atoms with Crippen molar-refractivity contribution < 1.29 is 14.6 Å². The first-order chi connectivity index (χ1) is 7.11. The fourth-order valence-corrected chi connectivity index (χ4v) is 1.92. The van der Waals surface area contributed by atoms with Crippen LogP contribution >= 0.6 is 11.8 Å². The molecule has 0 saturated carbocycles. The third-order valence-corrected chi connectivity index (χ3v) is 2.63. The molecule has 0 amide bonds. The molecule has 0 unspecified atom stereocenters. The van der Waals surface area contributed by atoms with Gasteiger partial charge in [-0.1, -0.05) is 0 Å².